The Morgan fingerprint density at radius 2 is 2.00 bits per heavy atom. The fraction of sp³-hybridized carbons (Fsp3) is 0.867. The zero-order valence-corrected chi connectivity index (χ0v) is 12.7. The molecule has 116 valence electrons. The summed E-state index contributed by atoms with van der Waals surface area (Å²) in [5.74, 6) is -0.617. The van der Waals surface area contributed by atoms with Crippen molar-refractivity contribution in [2.24, 2.45) is 5.92 Å². The lowest BCUT2D eigenvalue weighted by atomic mass is 9.99. The van der Waals surface area contributed by atoms with Crippen LogP contribution in [-0.2, 0) is 14.3 Å². The largest absolute Gasteiger partial charge is 0.376 e. The Hall–Kier alpha value is -1.10. The van der Waals surface area contributed by atoms with E-state index in [4.69, 9.17) is 4.74 Å². The Labute approximate surface area is 121 Å². The summed E-state index contributed by atoms with van der Waals surface area (Å²) in [7, 11) is 0. The van der Waals surface area contributed by atoms with E-state index in [0.29, 0.717) is 19.0 Å². The Kier molecular flexibility index (Phi) is 8.26. The minimum absolute atomic E-state index is 0.0692. The topological polar surface area (TPSA) is 67.4 Å². The van der Waals surface area contributed by atoms with Crippen LogP contribution in [0.15, 0.2) is 0 Å². The number of nitrogens with one attached hydrogen (secondary N) is 2. The van der Waals surface area contributed by atoms with Gasteiger partial charge in [-0.15, -0.1) is 0 Å². The second kappa shape index (κ2) is 9.75. The van der Waals surface area contributed by atoms with E-state index in [-0.39, 0.29) is 6.10 Å². The Morgan fingerprint density at radius 1 is 1.25 bits per heavy atom. The molecule has 1 fully saturated rings. The molecule has 0 bridgehead atoms. The van der Waals surface area contributed by atoms with E-state index in [1.54, 1.807) is 0 Å². The van der Waals surface area contributed by atoms with Gasteiger partial charge < -0.3 is 15.4 Å². The quantitative estimate of drug-likeness (QED) is 0.666. The van der Waals surface area contributed by atoms with Crippen molar-refractivity contribution in [2.45, 2.75) is 58.5 Å². The molecule has 5 nitrogen and oxygen atoms in total. The summed E-state index contributed by atoms with van der Waals surface area (Å²) >= 11 is 0. The number of carbonyl (C=O) groups is 2. The van der Waals surface area contributed by atoms with Crippen molar-refractivity contribution in [3.63, 3.8) is 0 Å². The molecule has 2 amide bonds. The highest BCUT2D eigenvalue weighted by Crippen LogP contribution is 2.11. The van der Waals surface area contributed by atoms with Crippen molar-refractivity contribution in [3.8, 4) is 0 Å². The number of unbranched alkanes of at least 4 members (excludes halogenated alkanes) is 1. The van der Waals surface area contributed by atoms with Gasteiger partial charge in [0.1, 0.15) is 0 Å². The summed E-state index contributed by atoms with van der Waals surface area (Å²) in [5, 5.41) is 5.36. The first kappa shape index (κ1) is 17.0. The van der Waals surface area contributed by atoms with Crippen molar-refractivity contribution in [1.82, 2.24) is 10.6 Å². The third-order valence-corrected chi connectivity index (χ3v) is 3.82. The zero-order valence-electron chi connectivity index (χ0n) is 12.7. The molecule has 0 aromatic rings. The summed E-state index contributed by atoms with van der Waals surface area (Å²) in [6, 6.07) is 0. The maximum Gasteiger partial charge on any atom is 0.309 e. The highest BCUT2D eigenvalue weighted by molar-refractivity contribution is 6.35. The average Bonchev–Trinajstić information content (AvgIpc) is 2.98. The van der Waals surface area contributed by atoms with E-state index in [1.165, 1.54) is 6.42 Å². The SMILES string of the molecule is CCCC[C@@H](CC)CNC(=O)C(=O)NC[C@@H]1CCCO1. The summed E-state index contributed by atoms with van der Waals surface area (Å²) in [6.07, 6.45) is 6.51. The third-order valence-electron chi connectivity index (χ3n) is 3.82. The average molecular weight is 284 g/mol. The molecule has 20 heavy (non-hydrogen) atoms. The molecule has 2 atom stereocenters. The second-order valence-corrected chi connectivity index (χ2v) is 5.47. The summed E-state index contributed by atoms with van der Waals surface area (Å²) in [4.78, 5) is 23.3. The summed E-state index contributed by atoms with van der Waals surface area (Å²) in [6.45, 7) is 6.04. The lowest BCUT2D eigenvalue weighted by molar-refractivity contribution is -0.139. The van der Waals surface area contributed by atoms with Gasteiger partial charge in [-0.2, -0.15) is 0 Å². The van der Waals surface area contributed by atoms with Gasteiger partial charge in [0.25, 0.3) is 0 Å². The highest BCUT2D eigenvalue weighted by Gasteiger charge is 2.19. The molecule has 0 saturated carbocycles. The van der Waals surface area contributed by atoms with Crippen LogP contribution in [0.4, 0.5) is 0 Å². The molecule has 1 aliphatic heterocycles. The van der Waals surface area contributed by atoms with Crippen LogP contribution < -0.4 is 10.6 Å². The normalized spacial score (nSPS) is 19.6. The fourth-order valence-corrected chi connectivity index (χ4v) is 2.35. The van der Waals surface area contributed by atoms with E-state index < -0.39 is 11.8 Å². The number of hydrogen-bond donors (Lipinski definition) is 2. The molecule has 1 rings (SSSR count). The van der Waals surface area contributed by atoms with Crippen LogP contribution in [0.2, 0.25) is 0 Å². The minimum Gasteiger partial charge on any atom is -0.376 e. The first-order chi connectivity index (χ1) is 9.67. The van der Waals surface area contributed by atoms with Gasteiger partial charge in [0.2, 0.25) is 0 Å². The molecule has 1 saturated heterocycles. The van der Waals surface area contributed by atoms with Crippen LogP contribution in [0.1, 0.15) is 52.4 Å². The van der Waals surface area contributed by atoms with Gasteiger partial charge in [0.05, 0.1) is 6.10 Å². The van der Waals surface area contributed by atoms with Crippen LogP contribution in [0.3, 0.4) is 0 Å². The standard InChI is InChI=1S/C15H28N2O3/c1-3-5-7-12(4-2)10-16-14(18)15(19)17-11-13-8-6-9-20-13/h12-13H,3-11H2,1-2H3,(H,16,18)(H,17,19)/t12-,13+/m1/s1. The van der Waals surface area contributed by atoms with Crippen molar-refractivity contribution in [1.29, 1.82) is 0 Å². The van der Waals surface area contributed by atoms with Crippen molar-refractivity contribution < 1.29 is 14.3 Å². The monoisotopic (exact) mass is 284 g/mol. The van der Waals surface area contributed by atoms with Gasteiger partial charge in [0, 0.05) is 19.7 Å². The van der Waals surface area contributed by atoms with Crippen LogP contribution in [0.5, 0.6) is 0 Å². The van der Waals surface area contributed by atoms with Gasteiger partial charge >= 0.3 is 11.8 Å². The predicted octanol–water partition coefficient (Wildman–Crippen LogP) is 1.61. The van der Waals surface area contributed by atoms with Crippen molar-refractivity contribution >= 4 is 11.8 Å². The lowest BCUT2D eigenvalue weighted by Crippen LogP contribution is -2.43. The molecule has 0 unspecified atom stereocenters. The number of hydrogen-bond acceptors (Lipinski definition) is 3. The molecule has 0 radical (unpaired) electrons. The Bertz CT molecular complexity index is 301. The van der Waals surface area contributed by atoms with E-state index >= 15 is 0 Å². The number of rotatable bonds is 8. The molecule has 1 heterocycles. The third kappa shape index (κ3) is 6.37. The van der Waals surface area contributed by atoms with E-state index in [9.17, 15) is 9.59 Å². The van der Waals surface area contributed by atoms with Gasteiger partial charge in [-0.25, -0.2) is 0 Å². The molecular formula is C15H28N2O3. The van der Waals surface area contributed by atoms with Crippen molar-refractivity contribution in [2.75, 3.05) is 19.7 Å². The maximum atomic E-state index is 11.7. The first-order valence-corrected chi connectivity index (χ1v) is 7.85. The van der Waals surface area contributed by atoms with Gasteiger partial charge in [-0.1, -0.05) is 33.1 Å². The molecule has 1 aliphatic rings. The predicted molar refractivity (Wildman–Crippen MR) is 78.3 cm³/mol. The fourth-order valence-electron chi connectivity index (χ4n) is 2.35. The summed E-state index contributed by atoms with van der Waals surface area (Å²) in [5.41, 5.74) is 0. The molecule has 2 N–H and O–H groups in total. The maximum absolute atomic E-state index is 11.7. The molecule has 5 heteroatoms. The van der Waals surface area contributed by atoms with Gasteiger partial charge in [-0.3, -0.25) is 9.59 Å². The van der Waals surface area contributed by atoms with Crippen LogP contribution in [0.25, 0.3) is 0 Å². The van der Waals surface area contributed by atoms with Crippen molar-refractivity contribution in [3.05, 3.63) is 0 Å². The number of ether oxygens (including phenoxy) is 1. The zero-order chi connectivity index (χ0) is 14.8. The van der Waals surface area contributed by atoms with Crippen LogP contribution in [-0.4, -0.2) is 37.6 Å². The first-order valence-electron chi connectivity index (χ1n) is 7.85. The van der Waals surface area contributed by atoms with E-state index in [1.807, 2.05) is 0 Å². The molecule has 0 aliphatic carbocycles. The highest BCUT2D eigenvalue weighted by atomic mass is 16.5. The number of amides is 2. The molecule has 0 aromatic carbocycles. The molecule has 0 spiro atoms. The molecular weight excluding hydrogens is 256 g/mol. The van der Waals surface area contributed by atoms with E-state index in [2.05, 4.69) is 24.5 Å². The van der Waals surface area contributed by atoms with Gasteiger partial charge in [0.15, 0.2) is 0 Å². The second-order valence-electron chi connectivity index (χ2n) is 5.47. The van der Waals surface area contributed by atoms with Crippen LogP contribution in [0, 0.1) is 5.92 Å². The van der Waals surface area contributed by atoms with E-state index in [0.717, 1.165) is 38.7 Å². The Balaban J connectivity index is 2.17. The lowest BCUT2D eigenvalue weighted by Gasteiger charge is -2.15. The number of carbonyl (C=O) groups excluding carboxylic acids is 2. The minimum atomic E-state index is -0.550. The Morgan fingerprint density at radius 3 is 2.60 bits per heavy atom. The summed E-state index contributed by atoms with van der Waals surface area (Å²) < 4.78 is 5.40. The molecule has 0 aromatic heterocycles. The van der Waals surface area contributed by atoms with Gasteiger partial charge in [-0.05, 0) is 25.2 Å². The van der Waals surface area contributed by atoms with Crippen LogP contribution >= 0.6 is 0 Å². The smallest absolute Gasteiger partial charge is 0.309 e.